The lowest BCUT2D eigenvalue weighted by Crippen LogP contribution is -2.22. The van der Waals surface area contributed by atoms with Crippen LogP contribution in [-0.2, 0) is 23.5 Å². The lowest BCUT2D eigenvalue weighted by molar-refractivity contribution is -0.137. The minimum absolute atomic E-state index is 0.0214. The Hall–Kier alpha value is -3.63. The molecule has 0 spiro atoms. The van der Waals surface area contributed by atoms with Gasteiger partial charge in [-0.1, -0.05) is 70.2 Å². The van der Waals surface area contributed by atoms with Gasteiger partial charge in [0.2, 0.25) is 17.7 Å². The number of unbranched alkanes of at least 4 members (excludes halogenated alkanes) is 6. The number of carbonyl (C=O) groups excluding carboxylic acids is 3. The minimum atomic E-state index is -0.755. The van der Waals surface area contributed by atoms with Crippen LogP contribution in [0.2, 0.25) is 0 Å². The summed E-state index contributed by atoms with van der Waals surface area (Å²) < 4.78 is 3.86. The van der Waals surface area contributed by atoms with Gasteiger partial charge >= 0.3 is 5.97 Å². The Morgan fingerprint density at radius 2 is 1.14 bits per heavy atom. The maximum atomic E-state index is 10.9. The fourth-order valence-electron chi connectivity index (χ4n) is 3.29. The number of para-hydroxylation sites is 1. The molecule has 0 aliphatic rings. The first-order valence-corrected chi connectivity index (χ1v) is 18.4. The number of anilines is 1. The van der Waals surface area contributed by atoms with E-state index in [-0.39, 0.29) is 24.1 Å². The Morgan fingerprint density at radius 3 is 1.57 bits per heavy atom. The van der Waals surface area contributed by atoms with E-state index in [9.17, 15) is 19.2 Å². The van der Waals surface area contributed by atoms with Crippen molar-refractivity contribution in [2.24, 2.45) is 0 Å². The molecule has 1 aromatic rings. The molecule has 276 valence electrons. The molecule has 0 aliphatic heterocycles. The molecule has 1 rings (SSSR count). The summed E-state index contributed by atoms with van der Waals surface area (Å²) in [5, 5.41) is 30.2. The van der Waals surface area contributed by atoms with Gasteiger partial charge in [-0.25, -0.2) is 5.26 Å². The molecule has 0 saturated carbocycles. The molecule has 15 heteroatoms. The standard InChI is InChI=1S/C10H17NO3.C9H10N2S.C9H17NO3S.C6H11NOS/c1-2-11-9(12)7-5-3-4-6-8-10(13)14;1-2-10-9(12)11-8-6-4-3-5-7-8;1-2-10-9(11)7-5-3-4-6-8-14-13-12;1-3-7-6(8)4-5-9-2/h2H,1,3-8H2,(H,11,12)(H,13,14);2-7H,1H2,(H2,10,11,12);2,12H,1,3-8H2,(H,10,11);3H,1,4-5H2,2H3,(H,7,8). The average molecular weight is 742 g/mol. The normalized spacial score (nSPS) is 9.18. The quantitative estimate of drug-likeness (QED) is 0.0199. The number of benzene rings is 1. The molecule has 0 atom stereocenters. The number of carbonyl (C=O) groups is 4. The predicted octanol–water partition coefficient (Wildman–Crippen LogP) is 7.12. The van der Waals surface area contributed by atoms with Crippen molar-refractivity contribution < 1.29 is 33.9 Å². The van der Waals surface area contributed by atoms with Gasteiger partial charge in [0.05, 0.1) is 0 Å². The first-order chi connectivity index (χ1) is 23.6. The van der Waals surface area contributed by atoms with Crippen molar-refractivity contribution in [2.75, 3.05) is 23.1 Å². The Morgan fingerprint density at radius 1 is 0.694 bits per heavy atom. The summed E-state index contributed by atoms with van der Waals surface area (Å²) in [5.74, 6) is 0.940. The molecular weight excluding hydrogens is 687 g/mol. The zero-order valence-electron chi connectivity index (χ0n) is 28.6. The highest BCUT2D eigenvalue weighted by atomic mass is 32.2. The lowest BCUT2D eigenvalue weighted by Gasteiger charge is -2.05. The van der Waals surface area contributed by atoms with Crippen LogP contribution in [0, 0.1) is 0 Å². The van der Waals surface area contributed by atoms with Gasteiger partial charge in [0.15, 0.2) is 5.11 Å². The van der Waals surface area contributed by atoms with Gasteiger partial charge in [-0.15, -0.1) is 0 Å². The van der Waals surface area contributed by atoms with Crippen molar-refractivity contribution in [3.05, 3.63) is 81.4 Å². The highest BCUT2D eigenvalue weighted by Gasteiger charge is 2.00. The van der Waals surface area contributed by atoms with Crippen LogP contribution in [0.25, 0.3) is 0 Å². The first-order valence-electron chi connectivity index (χ1n) is 15.7. The van der Waals surface area contributed by atoms with Crippen LogP contribution in [0.4, 0.5) is 5.69 Å². The van der Waals surface area contributed by atoms with Crippen LogP contribution in [0.15, 0.2) is 81.4 Å². The molecule has 0 heterocycles. The van der Waals surface area contributed by atoms with Crippen LogP contribution >= 0.6 is 36.0 Å². The number of rotatable bonds is 23. The van der Waals surface area contributed by atoms with Crippen molar-refractivity contribution in [3.63, 3.8) is 0 Å². The third-order valence-electron chi connectivity index (χ3n) is 5.57. The number of thioether (sulfide) groups is 1. The van der Waals surface area contributed by atoms with Gasteiger partial charge < -0.3 is 31.7 Å². The smallest absolute Gasteiger partial charge is 0.303 e. The molecule has 0 unspecified atom stereocenters. The summed E-state index contributed by atoms with van der Waals surface area (Å²) in [7, 11) is 0. The van der Waals surface area contributed by atoms with Crippen molar-refractivity contribution in [3.8, 4) is 0 Å². The van der Waals surface area contributed by atoms with Gasteiger partial charge in [-0.05, 0) is 81.1 Å². The number of carboxylic acid groups (broad SMARTS) is 1. The number of hydrogen-bond acceptors (Lipinski definition) is 9. The molecule has 0 radical (unpaired) electrons. The fourth-order valence-corrected chi connectivity index (χ4v) is 4.27. The highest BCUT2D eigenvalue weighted by molar-refractivity contribution is 7.98. The van der Waals surface area contributed by atoms with Gasteiger partial charge in [0.1, 0.15) is 0 Å². The Labute approximate surface area is 306 Å². The summed E-state index contributed by atoms with van der Waals surface area (Å²) in [6.45, 7) is 13.7. The van der Waals surface area contributed by atoms with E-state index in [1.165, 1.54) is 24.8 Å². The third-order valence-corrected chi connectivity index (χ3v) is 6.96. The molecule has 12 nitrogen and oxygen atoms in total. The first kappa shape index (κ1) is 49.8. The Bertz CT molecular complexity index is 1060. The van der Waals surface area contributed by atoms with E-state index in [0.717, 1.165) is 74.2 Å². The van der Waals surface area contributed by atoms with Crippen molar-refractivity contribution in [1.29, 1.82) is 0 Å². The van der Waals surface area contributed by atoms with E-state index >= 15 is 0 Å². The van der Waals surface area contributed by atoms with Crippen LogP contribution in [0.3, 0.4) is 0 Å². The van der Waals surface area contributed by atoms with Crippen molar-refractivity contribution in [2.45, 2.75) is 77.0 Å². The molecule has 49 heavy (non-hydrogen) atoms. The molecular formula is C34H55N5O7S3. The maximum Gasteiger partial charge on any atom is 0.303 e. The van der Waals surface area contributed by atoms with Crippen molar-refractivity contribution >= 4 is 70.5 Å². The van der Waals surface area contributed by atoms with E-state index in [2.05, 4.69) is 57.2 Å². The van der Waals surface area contributed by atoms with Gasteiger partial charge in [0, 0.05) is 54.9 Å². The second-order valence-corrected chi connectivity index (χ2v) is 11.8. The summed E-state index contributed by atoms with van der Waals surface area (Å²) >= 11 is 7.65. The maximum absolute atomic E-state index is 10.9. The Balaban J connectivity index is -0.000000583. The van der Waals surface area contributed by atoms with E-state index in [4.69, 9.17) is 22.6 Å². The van der Waals surface area contributed by atoms with Gasteiger partial charge in [0.25, 0.3) is 0 Å². The summed E-state index contributed by atoms with van der Waals surface area (Å²) in [6, 6.07) is 9.72. The number of thiocarbonyl (C=S) groups is 1. The zero-order valence-corrected chi connectivity index (χ0v) is 31.0. The van der Waals surface area contributed by atoms with Crippen molar-refractivity contribution in [1.82, 2.24) is 21.3 Å². The summed E-state index contributed by atoms with van der Waals surface area (Å²) in [5.41, 5.74) is 0.969. The second kappa shape index (κ2) is 40.5. The Kier molecular flexibility index (Phi) is 41.2. The van der Waals surface area contributed by atoms with Gasteiger partial charge in [-0.2, -0.15) is 16.1 Å². The van der Waals surface area contributed by atoms with Crippen LogP contribution in [-0.4, -0.2) is 56.9 Å². The highest BCUT2D eigenvalue weighted by Crippen LogP contribution is 2.08. The van der Waals surface area contributed by atoms with Gasteiger partial charge in [-0.3, -0.25) is 19.2 Å². The number of carboxylic acids is 1. The lowest BCUT2D eigenvalue weighted by atomic mass is 10.1. The molecule has 1 aromatic carbocycles. The SMILES string of the molecule is C=CNC(=O)CCCCCCC(=O)O.C=CNC(=O)CCCCCCSOO.C=CNC(=O)CCSC.C=CNC(=S)Nc1ccccc1. The molecule has 0 aromatic heterocycles. The van der Waals surface area contributed by atoms with E-state index in [1.807, 2.05) is 36.6 Å². The average Bonchev–Trinajstić information content (AvgIpc) is 3.07. The topological polar surface area (TPSA) is 178 Å². The largest absolute Gasteiger partial charge is 0.481 e. The van der Waals surface area contributed by atoms with E-state index in [1.54, 1.807) is 11.8 Å². The fraction of sp³-hybridized carbons (Fsp3) is 0.441. The summed E-state index contributed by atoms with van der Waals surface area (Å²) in [4.78, 5) is 42.6. The monoisotopic (exact) mass is 741 g/mol. The molecule has 0 aliphatic carbocycles. The second-order valence-electron chi connectivity index (χ2n) is 9.60. The van der Waals surface area contributed by atoms with Crippen LogP contribution in [0.1, 0.15) is 77.0 Å². The minimum Gasteiger partial charge on any atom is -0.481 e. The van der Waals surface area contributed by atoms with Crippen LogP contribution < -0.4 is 26.6 Å². The number of amides is 3. The van der Waals surface area contributed by atoms with E-state index in [0.29, 0.717) is 30.8 Å². The number of aliphatic carboxylic acids is 1. The predicted molar refractivity (Wildman–Crippen MR) is 209 cm³/mol. The summed E-state index contributed by atoms with van der Waals surface area (Å²) in [6.07, 6.45) is 16.8. The molecule has 3 amide bonds. The number of hydrogen-bond donors (Lipinski definition) is 7. The molecule has 0 bridgehead atoms. The van der Waals surface area contributed by atoms with Crippen LogP contribution in [0.5, 0.6) is 0 Å². The number of nitrogens with one attached hydrogen (secondary N) is 5. The van der Waals surface area contributed by atoms with E-state index < -0.39 is 5.97 Å². The molecule has 7 N–H and O–H groups in total. The molecule has 0 saturated heterocycles. The third kappa shape index (κ3) is 44.4. The molecule has 0 fully saturated rings. The zero-order chi connectivity index (χ0) is 37.4.